The molecule has 2 aliphatic heterocycles. The van der Waals surface area contributed by atoms with E-state index in [0.29, 0.717) is 0 Å². The van der Waals surface area contributed by atoms with Crippen LogP contribution in [0.15, 0.2) is 0 Å². The Bertz CT molecular complexity index is 233. The molecule has 13 heavy (non-hydrogen) atoms. The van der Waals surface area contributed by atoms with Gasteiger partial charge in [0, 0.05) is 12.3 Å². The lowest BCUT2D eigenvalue weighted by Crippen LogP contribution is -2.40. The molecule has 0 aliphatic carbocycles. The van der Waals surface area contributed by atoms with Gasteiger partial charge in [0.05, 0.1) is 24.9 Å². The zero-order valence-electron chi connectivity index (χ0n) is 7.64. The Kier molecular flexibility index (Phi) is 2.29. The maximum Gasteiger partial charge on any atom is 0.144 e. The van der Waals surface area contributed by atoms with Gasteiger partial charge in [-0.3, -0.25) is 0 Å². The van der Waals surface area contributed by atoms with Gasteiger partial charge in [0.1, 0.15) is 6.10 Å². The third-order valence-corrected chi connectivity index (χ3v) is 2.99. The molecular formula is C10H14O3. The SMILES string of the molecule is C#C[C@@H]1O[C@@H]2C[C@H]1O[C@@H](CO)[C@@H]2C. The van der Waals surface area contributed by atoms with Crippen LogP contribution >= 0.6 is 0 Å². The molecule has 0 spiro atoms. The fourth-order valence-electron chi connectivity index (χ4n) is 2.09. The predicted molar refractivity (Wildman–Crippen MR) is 47.0 cm³/mol. The van der Waals surface area contributed by atoms with Crippen LogP contribution in [-0.2, 0) is 9.47 Å². The number of rotatable bonds is 1. The first-order valence-electron chi connectivity index (χ1n) is 4.64. The molecule has 2 saturated heterocycles. The molecule has 0 unspecified atom stereocenters. The van der Waals surface area contributed by atoms with Gasteiger partial charge in [0.15, 0.2) is 0 Å². The number of ether oxygens (including phenoxy) is 2. The summed E-state index contributed by atoms with van der Waals surface area (Å²) in [5.74, 6) is 2.81. The molecule has 2 fully saturated rings. The number of hydrogen-bond acceptors (Lipinski definition) is 3. The minimum absolute atomic E-state index is 0.0108. The number of hydrogen-bond donors (Lipinski definition) is 1. The van der Waals surface area contributed by atoms with E-state index in [0.717, 1.165) is 6.42 Å². The molecule has 3 nitrogen and oxygen atoms in total. The number of fused-ring (bicyclic) bond motifs is 2. The van der Waals surface area contributed by atoms with Crippen molar-refractivity contribution in [2.75, 3.05) is 6.61 Å². The Balaban J connectivity index is 2.12. The molecular weight excluding hydrogens is 168 g/mol. The Labute approximate surface area is 78.0 Å². The summed E-state index contributed by atoms with van der Waals surface area (Å²) in [7, 11) is 0. The smallest absolute Gasteiger partial charge is 0.144 e. The topological polar surface area (TPSA) is 38.7 Å². The second kappa shape index (κ2) is 3.30. The molecule has 72 valence electrons. The molecule has 0 radical (unpaired) electrons. The zero-order chi connectivity index (χ0) is 9.42. The highest BCUT2D eigenvalue weighted by Crippen LogP contribution is 2.36. The fourth-order valence-corrected chi connectivity index (χ4v) is 2.09. The summed E-state index contributed by atoms with van der Waals surface area (Å²) in [6.07, 6.45) is 6.00. The summed E-state index contributed by atoms with van der Waals surface area (Å²) in [4.78, 5) is 0. The van der Waals surface area contributed by atoms with Gasteiger partial charge >= 0.3 is 0 Å². The van der Waals surface area contributed by atoms with Crippen molar-refractivity contribution >= 4 is 0 Å². The lowest BCUT2D eigenvalue weighted by atomic mass is 9.92. The van der Waals surface area contributed by atoms with Crippen LogP contribution in [0.1, 0.15) is 13.3 Å². The van der Waals surface area contributed by atoms with E-state index in [1.807, 2.05) is 6.92 Å². The van der Waals surface area contributed by atoms with Crippen LogP contribution in [-0.4, -0.2) is 36.1 Å². The van der Waals surface area contributed by atoms with Crippen molar-refractivity contribution in [3.05, 3.63) is 0 Å². The highest BCUT2D eigenvalue weighted by Gasteiger charge is 2.46. The van der Waals surface area contributed by atoms with Gasteiger partial charge in [0.2, 0.25) is 0 Å². The van der Waals surface area contributed by atoms with E-state index in [-0.39, 0.29) is 36.9 Å². The molecule has 1 N–H and O–H groups in total. The molecule has 0 aromatic rings. The van der Waals surface area contributed by atoms with Gasteiger partial charge in [-0.05, 0) is 0 Å². The fraction of sp³-hybridized carbons (Fsp3) is 0.800. The van der Waals surface area contributed by atoms with Gasteiger partial charge in [-0.15, -0.1) is 6.42 Å². The summed E-state index contributed by atoms with van der Waals surface area (Å²) < 4.78 is 11.2. The van der Waals surface area contributed by atoms with E-state index in [9.17, 15) is 0 Å². The average Bonchev–Trinajstić information content (AvgIpc) is 2.50. The monoisotopic (exact) mass is 182 g/mol. The summed E-state index contributed by atoms with van der Waals surface area (Å²) in [6, 6.07) is 0. The van der Waals surface area contributed by atoms with Crippen molar-refractivity contribution in [3.63, 3.8) is 0 Å². The molecule has 0 aromatic heterocycles. The molecule has 3 heteroatoms. The van der Waals surface area contributed by atoms with Gasteiger partial charge in [-0.2, -0.15) is 0 Å². The van der Waals surface area contributed by atoms with Crippen molar-refractivity contribution < 1.29 is 14.6 Å². The summed E-state index contributed by atoms with van der Waals surface area (Å²) in [5, 5.41) is 9.05. The third kappa shape index (κ3) is 1.35. The van der Waals surface area contributed by atoms with Crippen molar-refractivity contribution in [1.29, 1.82) is 0 Å². The Morgan fingerprint density at radius 3 is 2.85 bits per heavy atom. The van der Waals surface area contributed by atoms with E-state index in [2.05, 4.69) is 5.92 Å². The second-order valence-corrected chi connectivity index (χ2v) is 3.75. The highest BCUT2D eigenvalue weighted by atomic mass is 16.6. The molecule has 0 aromatic carbocycles. The maximum absolute atomic E-state index is 9.05. The van der Waals surface area contributed by atoms with Gasteiger partial charge in [0.25, 0.3) is 0 Å². The quantitative estimate of drug-likeness (QED) is 0.588. The largest absolute Gasteiger partial charge is 0.394 e. The van der Waals surface area contributed by atoms with Crippen molar-refractivity contribution in [1.82, 2.24) is 0 Å². The zero-order valence-corrected chi connectivity index (χ0v) is 7.64. The molecule has 2 aliphatic rings. The van der Waals surface area contributed by atoms with Crippen LogP contribution < -0.4 is 0 Å². The average molecular weight is 182 g/mol. The normalized spacial score (nSPS) is 48.8. The third-order valence-electron chi connectivity index (χ3n) is 2.99. The van der Waals surface area contributed by atoms with Crippen LogP contribution in [0.25, 0.3) is 0 Å². The number of aliphatic hydroxyl groups excluding tert-OH is 1. The first kappa shape index (κ1) is 9.01. The van der Waals surface area contributed by atoms with Gasteiger partial charge in [-0.1, -0.05) is 12.8 Å². The van der Waals surface area contributed by atoms with E-state index in [1.165, 1.54) is 0 Å². The van der Waals surface area contributed by atoms with Gasteiger partial charge < -0.3 is 14.6 Å². The predicted octanol–water partition coefficient (Wildman–Crippen LogP) is 0.173. The van der Waals surface area contributed by atoms with Crippen LogP contribution in [0.4, 0.5) is 0 Å². The molecule has 2 heterocycles. The maximum atomic E-state index is 9.05. The summed E-state index contributed by atoms with van der Waals surface area (Å²) >= 11 is 0. The van der Waals surface area contributed by atoms with Crippen LogP contribution in [0.5, 0.6) is 0 Å². The molecule has 2 rings (SSSR count). The Morgan fingerprint density at radius 2 is 2.23 bits per heavy atom. The molecule has 0 saturated carbocycles. The van der Waals surface area contributed by atoms with E-state index in [1.54, 1.807) is 0 Å². The van der Waals surface area contributed by atoms with Crippen molar-refractivity contribution in [3.8, 4) is 12.3 Å². The second-order valence-electron chi connectivity index (χ2n) is 3.75. The number of aliphatic hydroxyl groups is 1. The lowest BCUT2D eigenvalue weighted by molar-refractivity contribution is -0.0887. The minimum atomic E-state index is -0.219. The van der Waals surface area contributed by atoms with Crippen LogP contribution in [0.2, 0.25) is 0 Å². The summed E-state index contributed by atoms with van der Waals surface area (Å²) in [6.45, 7) is 2.08. The summed E-state index contributed by atoms with van der Waals surface area (Å²) in [5.41, 5.74) is 0. The van der Waals surface area contributed by atoms with Crippen LogP contribution in [0.3, 0.4) is 0 Å². The molecule has 5 atom stereocenters. The van der Waals surface area contributed by atoms with E-state index < -0.39 is 0 Å². The van der Waals surface area contributed by atoms with Crippen LogP contribution in [0, 0.1) is 18.3 Å². The Morgan fingerprint density at radius 1 is 1.46 bits per heavy atom. The highest BCUT2D eigenvalue weighted by molar-refractivity contribution is 5.07. The minimum Gasteiger partial charge on any atom is -0.394 e. The van der Waals surface area contributed by atoms with E-state index >= 15 is 0 Å². The first-order valence-corrected chi connectivity index (χ1v) is 4.64. The molecule has 0 amide bonds. The number of terminal acetylenes is 1. The van der Waals surface area contributed by atoms with Crippen molar-refractivity contribution in [2.45, 2.75) is 37.8 Å². The van der Waals surface area contributed by atoms with Gasteiger partial charge in [-0.25, -0.2) is 0 Å². The first-order chi connectivity index (χ1) is 6.26. The standard InChI is InChI=1S/C10H14O3/c1-3-7-9-4-8(12-7)6(2)10(5-11)13-9/h1,6-11H,4-5H2,2H3/t6-,7+,8-,9-,10+/m1/s1. The Hall–Kier alpha value is -0.560. The van der Waals surface area contributed by atoms with Crippen molar-refractivity contribution in [2.24, 2.45) is 5.92 Å². The lowest BCUT2D eigenvalue weighted by Gasteiger charge is -2.31. The molecule has 2 bridgehead atoms. The van der Waals surface area contributed by atoms with E-state index in [4.69, 9.17) is 21.0 Å².